The minimum Gasteiger partial charge on any atom is -0.367 e. The molecule has 0 spiro atoms. The molecule has 1 amide bonds. The molecular formula is C25H28N4O3S. The molecule has 172 valence electrons. The third kappa shape index (κ3) is 5.02. The maximum atomic E-state index is 13.0. The van der Waals surface area contributed by atoms with Gasteiger partial charge < -0.3 is 15.1 Å². The SMILES string of the molecule is CN1CCN(c2ccccc2NC(=O)c2ccc(S(=O)(=O)N(C)c3ccccc3)cc2)CC1. The molecule has 33 heavy (non-hydrogen) atoms. The minimum absolute atomic E-state index is 0.128. The van der Waals surface area contributed by atoms with Crippen molar-refractivity contribution in [1.29, 1.82) is 0 Å². The monoisotopic (exact) mass is 464 g/mol. The van der Waals surface area contributed by atoms with E-state index in [1.165, 1.54) is 23.5 Å². The van der Waals surface area contributed by atoms with Gasteiger partial charge in [-0.1, -0.05) is 30.3 Å². The zero-order valence-electron chi connectivity index (χ0n) is 18.8. The van der Waals surface area contributed by atoms with Gasteiger partial charge in [0.1, 0.15) is 0 Å². The number of benzene rings is 3. The molecule has 0 bridgehead atoms. The van der Waals surface area contributed by atoms with E-state index < -0.39 is 10.0 Å². The van der Waals surface area contributed by atoms with Gasteiger partial charge in [0.05, 0.1) is 22.0 Å². The fraction of sp³-hybridized carbons (Fsp3) is 0.240. The van der Waals surface area contributed by atoms with E-state index in [-0.39, 0.29) is 10.8 Å². The fourth-order valence-electron chi connectivity index (χ4n) is 3.81. The van der Waals surface area contributed by atoms with Gasteiger partial charge in [-0.3, -0.25) is 9.10 Å². The maximum Gasteiger partial charge on any atom is 0.264 e. The van der Waals surface area contributed by atoms with E-state index in [0.29, 0.717) is 11.3 Å². The number of rotatable bonds is 6. The van der Waals surface area contributed by atoms with Crippen LogP contribution in [0.1, 0.15) is 10.4 Å². The first-order chi connectivity index (χ1) is 15.9. The van der Waals surface area contributed by atoms with Gasteiger partial charge in [-0.05, 0) is 55.6 Å². The summed E-state index contributed by atoms with van der Waals surface area (Å²) in [5.74, 6) is -0.281. The number of para-hydroxylation sites is 3. The first-order valence-corrected chi connectivity index (χ1v) is 12.3. The quantitative estimate of drug-likeness (QED) is 0.604. The second kappa shape index (κ2) is 9.64. The molecule has 8 heteroatoms. The summed E-state index contributed by atoms with van der Waals surface area (Å²) in [6, 6.07) is 22.6. The zero-order valence-corrected chi connectivity index (χ0v) is 19.6. The lowest BCUT2D eigenvalue weighted by molar-refractivity contribution is 0.102. The molecule has 0 saturated carbocycles. The van der Waals surface area contributed by atoms with Crippen molar-refractivity contribution in [3.05, 3.63) is 84.4 Å². The zero-order chi connectivity index (χ0) is 23.4. The summed E-state index contributed by atoms with van der Waals surface area (Å²) >= 11 is 0. The predicted octanol–water partition coefficient (Wildman–Crippen LogP) is 3.52. The Kier molecular flexibility index (Phi) is 6.67. The van der Waals surface area contributed by atoms with Gasteiger partial charge in [-0.25, -0.2) is 8.42 Å². The number of nitrogens with one attached hydrogen (secondary N) is 1. The Balaban J connectivity index is 1.50. The van der Waals surface area contributed by atoms with Crippen molar-refractivity contribution < 1.29 is 13.2 Å². The van der Waals surface area contributed by atoms with E-state index in [9.17, 15) is 13.2 Å². The number of likely N-dealkylation sites (N-methyl/N-ethyl adjacent to an activating group) is 1. The largest absolute Gasteiger partial charge is 0.367 e. The first-order valence-electron chi connectivity index (χ1n) is 10.8. The molecular weight excluding hydrogens is 436 g/mol. The summed E-state index contributed by atoms with van der Waals surface area (Å²) in [6.45, 7) is 3.72. The molecule has 3 aromatic rings. The molecule has 1 fully saturated rings. The lowest BCUT2D eigenvalue weighted by Crippen LogP contribution is -2.44. The van der Waals surface area contributed by atoms with Crippen LogP contribution in [0.5, 0.6) is 0 Å². The molecule has 7 nitrogen and oxygen atoms in total. The highest BCUT2D eigenvalue weighted by Gasteiger charge is 2.22. The number of nitrogens with zero attached hydrogens (tertiary/aromatic N) is 3. The molecule has 4 rings (SSSR count). The van der Waals surface area contributed by atoms with Crippen LogP contribution in [0, 0.1) is 0 Å². The van der Waals surface area contributed by atoms with Crippen LogP contribution in [0.3, 0.4) is 0 Å². The van der Waals surface area contributed by atoms with Gasteiger partial charge in [0.25, 0.3) is 15.9 Å². The minimum atomic E-state index is -3.73. The average Bonchev–Trinajstić information content (AvgIpc) is 2.85. The Labute approximate surface area is 195 Å². The van der Waals surface area contributed by atoms with Crippen LogP contribution in [0.25, 0.3) is 0 Å². The summed E-state index contributed by atoms with van der Waals surface area (Å²) in [5, 5.41) is 2.99. The van der Waals surface area contributed by atoms with Crippen molar-refractivity contribution in [2.24, 2.45) is 0 Å². The maximum absolute atomic E-state index is 13.0. The molecule has 1 aliphatic rings. The molecule has 1 N–H and O–H groups in total. The molecule has 1 heterocycles. The standard InChI is InChI=1S/C25H28N4O3S/c1-27-16-18-29(19-17-27)24-11-7-6-10-23(24)26-25(30)20-12-14-22(15-13-20)33(31,32)28(2)21-8-4-3-5-9-21/h3-15H,16-19H2,1-2H3,(H,26,30). The molecule has 0 atom stereocenters. The van der Waals surface area contributed by atoms with Crippen LogP contribution in [0.15, 0.2) is 83.8 Å². The van der Waals surface area contributed by atoms with Gasteiger partial charge in [0, 0.05) is 38.8 Å². The predicted molar refractivity (Wildman–Crippen MR) is 133 cm³/mol. The van der Waals surface area contributed by atoms with Crippen molar-refractivity contribution in [3.63, 3.8) is 0 Å². The molecule has 0 radical (unpaired) electrons. The van der Waals surface area contributed by atoms with Gasteiger partial charge >= 0.3 is 0 Å². The highest BCUT2D eigenvalue weighted by atomic mass is 32.2. The molecule has 1 saturated heterocycles. The van der Waals surface area contributed by atoms with Crippen LogP contribution in [-0.2, 0) is 10.0 Å². The van der Waals surface area contributed by atoms with E-state index in [4.69, 9.17) is 0 Å². The van der Waals surface area contributed by atoms with Gasteiger partial charge in [0.15, 0.2) is 0 Å². The van der Waals surface area contributed by atoms with E-state index in [1.807, 2.05) is 30.3 Å². The summed E-state index contributed by atoms with van der Waals surface area (Å²) in [7, 11) is -0.110. The van der Waals surface area contributed by atoms with Gasteiger partial charge in [0.2, 0.25) is 0 Å². The Bertz CT molecular complexity index is 1210. The lowest BCUT2D eigenvalue weighted by atomic mass is 10.2. The number of piperazine rings is 1. The van der Waals surface area contributed by atoms with Gasteiger partial charge in [-0.15, -0.1) is 0 Å². The van der Waals surface area contributed by atoms with Crippen LogP contribution >= 0.6 is 0 Å². The summed E-state index contributed by atoms with van der Waals surface area (Å²) in [5.41, 5.74) is 2.69. The Morgan fingerprint density at radius 2 is 1.45 bits per heavy atom. The van der Waals surface area contributed by atoms with E-state index in [0.717, 1.165) is 37.6 Å². The second-order valence-corrected chi connectivity index (χ2v) is 10.1. The van der Waals surface area contributed by atoms with Crippen LogP contribution in [0.2, 0.25) is 0 Å². The molecule has 0 aliphatic carbocycles. The number of hydrogen-bond acceptors (Lipinski definition) is 5. The van der Waals surface area contributed by atoms with Gasteiger partial charge in [-0.2, -0.15) is 0 Å². The number of sulfonamides is 1. The van der Waals surface area contributed by atoms with E-state index >= 15 is 0 Å². The van der Waals surface area contributed by atoms with Crippen LogP contribution in [0.4, 0.5) is 17.1 Å². The molecule has 0 aromatic heterocycles. The Morgan fingerprint density at radius 1 is 0.848 bits per heavy atom. The summed E-state index contributed by atoms with van der Waals surface area (Å²) in [6.07, 6.45) is 0. The Hall–Kier alpha value is -3.36. The number of carbonyl (C=O) groups excluding carboxylic acids is 1. The van der Waals surface area contributed by atoms with Crippen molar-refractivity contribution in [3.8, 4) is 0 Å². The van der Waals surface area contributed by atoms with Crippen molar-refractivity contribution in [2.75, 3.05) is 54.8 Å². The number of hydrogen-bond donors (Lipinski definition) is 1. The highest BCUT2D eigenvalue weighted by Crippen LogP contribution is 2.27. The second-order valence-electron chi connectivity index (χ2n) is 8.09. The normalized spacial score (nSPS) is 14.7. The molecule has 0 unspecified atom stereocenters. The van der Waals surface area contributed by atoms with Crippen molar-refractivity contribution in [2.45, 2.75) is 4.90 Å². The van der Waals surface area contributed by atoms with Crippen molar-refractivity contribution >= 4 is 33.0 Å². The smallest absolute Gasteiger partial charge is 0.264 e. The summed E-state index contributed by atoms with van der Waals surface area (Å²) < 4.78 is 27.2. The third-order valence-electron chi connectivity index (χ3n) is 5.89. The molecule has 1 aliphatic heterocycles. The third-order valence-corrected chi connectivity index (χ3v) is 7.69. The fourth-order valence-corrected chi connectivity index (χ4v) is 5.01. The average molecular weight is 465 g/mol. The summed E-state index contributed by atoms with van der Waals surface area (Å²) in [4.78, 5) is 17.6. The Morgan fingerprint density at radius 3 is 2.12 bits per heavy atom. The number of anilines is 3. The first kappa shape index (κ1) is 22.8. The van der Waals surface area contributed by atoms with Crippen LogP contribution in [-0.4, -0.2) is 59.5 Å². The van der Waals surface area contributed by atoms with E-state index in [2.05, 4.69) is 22.2 Å². The number of carbonyl (C=O) groups is 1. The lowest BCUT2D eigenvalue weighted by Gasteiger charge is -2.35. The highest BCUT2D eigenvalue weighted by molar-refractivity contribution is 7.92. The van der Waals surface area contributed by atoms with Crippen LogP contribution < -0.4 is 14.5 Å². The van der Waals surface area contributed by atoms with E-state index in [1.54, 1.807) is 36.4 Å². The van der Waals surface area contributed by atoms with Crippen molar-refractivity contribution in [1.82, 2.24) is 4.90 Å². The molecule has 3 aromatic carbocycles. The topological polar surface area (TPSA) is 73.0 Å². The number of amides is 1.